The number of benzene rings is 1. The molecule has 0 unspecified atom stereocenters. The van der Waals surface area contributed by atoms with Crippen molar-refractivity contribution in [3.8, 4) is 0 Å². The Morgan fingerprint density at radius 1 is 1.00 bits per heavy atom. The standard InChI is InChI=1S/C14H22S2/c1-5-15-10-11-16-13-8-6-12(7-9-13)14(2,3)4/h6-9H,5,10-11H2,1-4H3. The Bertz CT molecular complexity index is 296. The molecule has 90 valence electrons. The summed E-state index contributed by atoms with van der Waals surface area (Å²) in [6.45, 7) is 8.99. The van der Waals surface area contributed by atoms with Crippen LogP contribution >= 0.6 is 23.5 Å². The second-order valence-corrected chi connectivity index (χ2v) is 7.38. The minimum atomic E-state index is 0.265. The average molecular weight is 254 g/mol. The van der Waals surface area contributed by atoms with Crippen molar-refractivity contribution in [3.05, 3.63) is 29.8 Å². The zero-order valence-electron chi connectivity index (χ0n) is 10.7. The van der Waals surface area contributed by atoms with Crippen LogP contribution in [0.2, 0.25) is 0 Å². The van der Waals surface area contributed by atoms with Crippen LogP contribution in [-0.2, 0) is 5.41 Å². The summed E-state index contributed by atoms with van der Waals surface area (Å²) in [7, 11) is 0. The van der Waals surface area contributed by atoms with Crippen LogP contribution < -0.4 is 0 Å². The Kier molecular flexibility index (Phi) is 5.77. The molecule has 1 aromatic carbocycles. The maximum atomic E-state index is 2.26. The predicted octanol–water partition coefficient (Wildman–Crippen LogP) is 4.83. The largest absolute Gasteiger partial charge is 0.161 e. The van der Waals surface area contributed by atoms with Crippen molar-refractivity contribution in [2.24, 2.45) is 0 Å². The summed E-state index contributed by atoms with van der Waals surface area (Å²) in [5.74, 6) is 3.69. The number of rotatable bonds is 5. The van der Waals surface area contributed by atoms with Gasteiger partial charge in [-0.1, -0.05) is 39.8 Å². The molecule has 0 heterocycles. The molecule has 0 radical (unpaired) electrons. The van der Waals surface area contributed by atoms with Crippen LogP contribution in [0.1, 0.15) is 33.3 Å². The monoisotopic (exact) mass is 254 g/mol. The van der Waals surface area contributed by atoms with E-state index in [0.29, 0.717) is 0 Å². The molecule has 0 aliphatic rings. The summed E-state index contributed by atoms with van der Waals surface area (Å²) in [5, 5.41) is 0. The van der Waals surface area contributed by atoms with E-state index in [2.05, 4.69) is 52.0 Å². The normalized spacial score (nSPS) is 11.8. The molecule has 0 atom stereocenters. The molecule has 0 spiro atoms. The first-order valence-electron chi connectivity index (χ1n) is 5.85. The fraction of sp³-hybridized carbons (Fsp3) is 0.571. The molecule has 2 heteroatoms. The molecule has 0 aliphatic heterocycles. The summed E-state index contributed by atoms with van der Waals surface area (Å²) in [6, 6.07) is 9.02. The van der Waals surface area contributed by atoms with Crippen molar-refractivity contribution < 1.29 is 0 Å². The van der Waals surface area contributed by atoms with Gasteiger partial charge in [-0.3, -0.25) is 0 Å². The minimum absolute atomic E-state index is 0.265. The molecule has 0 bridgehead atoms. The second-order valence-electron chi connectivity index (χ2n) is 4.82. The third-order valence-corrected chi connectivity index (χ3v) is 4.59. The zero-order chi connectivity index (χ0) is 12.0. The molecular weight excluding hydrogens is 232 g/mol. The Labute approximate surface area is 109 Å². The van der Waals surface area contributed by atoms with E-state index in [-0.39, 0.29) is 5.41 Å². The summed E-state index contributed by atoms with van der Waals surface area (Å²) in [6.07, 6.45) is 0. The molecule has 16 heavy (non-hydrogen) atoms. The molecule has 0 saturated carbocycles. The van der Waals surface area contributed by atoms with E-state index in [4.69, 9.17) is 0 Å². The summed E-state index contributed by atoms with van der Waals surface area (Å²) < 4.78 is 0. The summed E-state index contributed by atoms with van der Waals surface area (Å²) >= 11 is 3.97. The van der Waals surface area contributed by atoms with Gasteiger partial charge in [-0.15, -0.1) is 11.8 Å². The van der Waals surface area contributed by atoms with Crippen molar-refractivity contribution in [1.82, 2.24) is 0 Å². The van der Waals surface area contributed by atoms with Gasteiger partial charge in [0.2, 0.25) is 0 Å². The van der Waals surface area contributed by atoms with Crippen LogP contribution in [0.15, 0.2) is 29.2 Å². The van der Waals surface area contributed by atoms with Crippen molar-refractivity contribution in [3.63, 3.8) is 0 Å². The highest BCUT2D eigenvalue weighted by molar-refractivity contribution is 8.02. The third kappa shape index (κ3) is 4.84. The molecule has 1 rings (SSSR count). The molecule has 0 aromatic heterocycles. The van der Waals surface area contributed by atoms with Gasteiger partial charge in [0, 0.05) is 16.4 Å². The fourth-order valence-electron chi connectivity index (χ4n) is 1.41. The zero-order valence-corrected chi connectivity index (χ0v) is 12.4. The lowest BCUT2D eigenvalue weighted by Crippen LogP contribution is -2.10. The van der Waals surface area contributed by atoms with Gasteiger partial charge in [-0.2, -0.15) is 11.8 Å². The van der Waals surface area contributed by atoms with Gasteiger partial charge in [0.05, 0.1) is 0 Å². The van der Waals surface area contributed by atoms with Crippen LogP contribution in [-0.4, -0.2) is 17.3 Å². The number of hydrogen-bond donors (Lipinski definition) is 0. The lowest BCUT2D eigenvalue weighted by molar-refractivity contribution is 0.590. The van der Waals surface area contributed by atoms with E-state index < -0.39 is 0 Å². The van der Waals surface area contributed by atoms with E-state index in [1.165, 1.54) is 27.7 Å². The predicted molar refractivity (Wildman–Crippen MR) is 78.9 cm³/mol. The highest BCUT2D eigenvalue weighted by Crippen LogP contribution is 2.25. The van der Waals surface area contributed by atoms with Crippen molar-refractivity contribution in [2.45, 2.75) is 38.0 Å². The topological polar surface area (TPSA) is 0 Å². The lowest BCUT2D eigenvalue weighted by Gasteiger charge is -2.19. The first-order chi connectivity index (χ1) is 7.54. The Morgan fingerprint density at radius 3 is 2.12 bits per heavy atom. The molecule has 0 nitrogen and oxygen atoms in total. The Hall–Kier alpha value is -0.0800. The highest BCUT2D eigenvalue weighted by atomic mass is 32.2. The molecule has 0 saturated heterocycles. The van der Waals surface area contributed by atoms with E-state index in [0.717, 1.165) is 0 Å². The SMILES string of the molecule is CCSCCSc1ccc(C(C)(C)C)cc1. The molecular formula is C14H22S2. The van der Waals surface area contributed by atoms with Crippen LogP contribution in [0, 0.1) is 0 Å². The minimum Gasteiger partial charge on any atom is -0.161 e. The van der Waals surface area contributed by atoms with Crippen LogP contribution in [0.25, 0.3) is 0 Å². The maximum absolute atomic E-state index is 2.26. The van der Waals surface area contributed by atoms with Gasteiger partial charge < -0.3 is 0 Å². The van der Waals surface area contributed by atoms with E-state index in [9.17, 15) is 0 Å². The van der Waals surface area contributed by atoms with Crippen LogP contribution in [0.4, 0.5) is 0 Å². The third-order valence-electron chi connectivity index (χ3n) is 2.42. The van der Waals surface area contributed by atoms with Crippen molar-refractivity contribution in [1.29, 1.82) is 0 Å². The second kappa shape index (κ2) is 6.61. The fourth-order valence-corrected chi connectivity index (χ4v) is 3.07. The van der Waals surface area contributed by atoms with Gasteiger partial charge in [0.1, 0.15) is 0 Å². The summed E-state index contributed by atoms with van der Waals surface area (Å²) in [4.78, 5) is 1.39. The van der Waals surface area contributed by atoms with Crippen molar-refractivity contribution >= 4 is 23.5 Å². The molecule has 1 aromatic rings. The summed E-state index contributed by atoms with van der Waals surface area (Å²) in [5.41, 5.74) is 1.68. The quantitative estimate of drug-likeness (QED) is 0.545. The first kappa shape index (κ1) is 14.0. The highest BCUT2D eigenvalue weighted by Gasteiger charge is 2.12. The number of hydrogen-bond acceptors (Lipinski definition) is 2. The van der Waals surface area contributed by atoms with Gasteiger partial charge in [0.25, 0.3) is 0 Å². The smallest absolute Gasteiger partial charge is 0.00724 e. The van der Waals surface area contributed by atoms with Gasteiger partial charge in [-0.25, -0.2) is 0 Å². The van der Waals surface area contributed by atoms with Gasteiger partial charge in [-0.05, 0) is 28.9 Å². The molecule has 0 amide bonds. The van der Waals surface area contributed by atoms with Gasteiger partial charge in [0.15, 0.2) is 0 Å². The van der Waals surface area contributed by atoms with Crippen molar-refractivity contribution in [2.75, 3.05) is 17.3 Å². The van der Waals surface area contributed by atoms with Crippen LogP contribution in [0.3, 0.4) is 0 Å². The Morgan fingerprint density at radius 2 is 1.62 bits per heavy atom. The van der Waals surface area contributed by atoms with Gasteiger partial charge >= 0.3 is 0 Å². The maximum Gasteiger partial charge on any atom is 0.00724 e. The first-order valence-corrected chi connectivity index (χ1v) is 7.99. The van der Waals surface area contributed by atoms with E-state index >= 15 is 0 Å². The molecule has 0 aliphatic carbocycles. The molecule has 0 fully saturated rings. The van der Waals surface area contributed by atoms with Crippen LogP contribution in [0.5, 0.6) is 0 Å². The number of thioether (sulfide) groups is 2. The molecule has 0 N–H and O–H groups in total. The Balaban J connectivity index is 2.46. The van der Waals surface area contributed by atoms with E-state index in [1.807, 2.05) is 23.5 Å². The lowest BCUT2D eigenvalue weighted by atomic mass is 9.87. The average Bonchev–Trinajstić information content (AvgIpc) is 2.24. The van der Waals surface area contributed by atoms with E-state index in [1.54, 1.807) is 0 Å².